The Morgan fingerprint density at radius 3 is 2.21 bits per heavy atom. The molecule has 0 radical (unpaired) electrons. The number of aromatic nitrogens is 1. The lowest BCUT2D eigenvalue weighted by molar-refractivity contribution is -0.145. The lowest BCUT2D eigenvalue weighted by Gasteiger charge is -2.26. The quantitative estimate of drug-likeness (QED) is 0.0171. The van der Waals surface area contributed by atoms with Gasteiger partial charge in [0.2, 0.25) is 5.13 Å². The third-order valence-electron chi connectivity index (χ3n) is 9.38. The first-order valence-electron chi connectivity index (χ1n) is 19.0. The van der Waals surface area contributed by atoms with Crippen LogP contribution in [0.4, 0.5) is 5.13 Å². The van der Waals surface area contributed by atoms with Gasteiger partial charge in [0.05, 0.1) is 61.2 Å². The molecule has 2 aliphatic rings. The first-order valence-corrected chi connectivity index (χ1v) is 19.8. The number of esters is 3. The normalized spacial score (nSPS) is 16.9. The van der Waals surface area contributed by atoms with Crippen molar-refractivity contribution in [2.24, 2.45) is 16.9 Å². The number of hydrogen-bond donors (Lipinski definition) is 0. The molecule has 0 unspecified atom stereocenters. The second kappa shape index (κ2) is 21.0. The number of carbonyl (C=O) groups is 4. The number of benzene rings is 3. The average Bonchev–Trinajstić information content (AvgIpc) is 3.92. The number of para-hydroxylation sites is 1. The molecule has 0 spiro atoms. The van der Waals surface area contributed by atoms with E-state index in [0.717, 1.165) is 42.0 Å². The summed E-state index contributed by atoms with van der Waals surface area (Å²) in [6.07, 6.45) is 7.53. The molecule has 300 valence electrons. The number of thiazole rings is 1. The summed E-state index contributed by atoms with van der Waals surface area (Å²) in [6, 6.07) is 19.3. The fraction of sp³-hybridized carbons (Fsp3) is 0.381. The van der Waals surface area contributed by atoms with E-state index in [0.29, 0.717) is 80.8 Å². The first kappa shape index (κ1) is 41.0. The van der Waals surface area contributed by atoms with Gasteiger partial charge in [0.15, 0.2) is 6.29 Å². The summed E-state index contributed by atoms with van der Waals surface area (Å²) in [5.74, 6) is -0.382. The maximum Gasteiger partial charge on any atom is 0.330 e. The molecule has 6 rings (SSSR count). The molecule has 2 heterocycles. The minimum absolute atomic E-state index is 0.234. The van der Waals surface area contributed by atoms with E-state index in [1.807, 2.05) is 24.3 Å². The Morgan fingerprint density at radius 1 is 0.842 bits per heavy atom. The standard InChI is InChI=1S/C42H45N3O11S/c1-2-38(47)51-22-8-4-3-7-21-50-32-15-17-33(18-16-32)55-40(48)29-11-13-30(14-12-29)41(49)56-36-20-19-34(54-28-46)25-31(36)26-43-45(27-39-52-23-24-53-39)42-44-35-9-5-6-10-37(35)57-42/h2,5-6,9-10,15-20,25-26,28-30,39H,1,3-4,7-8,11-14,21-24,27H2/b43-26+/t29-,30-. The van der Waals surface area contributed by atoms with Crippen molar-refractivity contribution in [2.45, 2.75) is 57.7 Å². The van der Waals surface area contributed by atoms with E-state index >= 15 is 0 Å². The average molecular weight is 800 g/mol. The Balaban J connectivity index is 0.993. The highest BCUT2D eigenvalue weighted by molar-refractivity contribution is 7.22. The van der Waals surface area contributed by atoms with Gasteiger partial charge in [-0.1, -0.05) is 30.0 Å². The van der Waals surface area contributed by atoms with Crippen LogP contribution in [0.25, 0.3) is 10.2 Å². The van der Waals surface area contributed by atoms with Crippen LogP contribution < -0.4 is 24.0 Å². The third-order valence-corrected chi connectivity index (χ3v) is 10.4. The maximum absolute atomic E-state index is 13.5. The number of nitrogens with zero attached hydrogens (tertiary/aromatic N) is 3. The van der Waals surface area contributed by atoms with E-state index in [2.05, 4.69) is 6.58 Å². The van der Waals surface area contributed by atoms with Gasteiger partial charge in [0.1, 0.15) is 23.0 Å². The van der Waals surface area contributed by atoms with Gasteiger partial charge in [0, 0.05) is 11.6 Å². The molecule has 0 atom stereocenters. The number of ether oxygens (including phenoxy) is 7. The predicted octanol–water partition coefficient (Wildman–Crippen LogP) is 7.03. The minimum Gasteiger partial charge on any atom is -0.494 e. The number of unbranched alkanes of at least 4 members (excludes halogenated alkanes) is 3. The Labute approximate surface area is 334 Å². The fourth-order valence-corrected chi connectivity index (χ4v) is 7.25. The van der Waals surface area contributed by atoms with Crippen molar-refractivity contribution in [1.29, 1.82) is 0 Å². The van der Waals surface area contributed by atoms with Crippen molar-refractivity contribution in [3.05, 3.63) is 84.9 Å². The maximum atomic E-state index is 13.5. The third kappa shape index (κ3) is 12.2. The zero-order valence-electron chi connectivity index (χ0n) is 31.5. The second-order valence-electron chi connectivity index (χ2n) is 13.4. The lowest BCUT2D eigenvalue weighted by Crippen LogP contribution is -2.30. The minimum atomic E-state index is -0.509. The predicted molar refractivity (Wildman–Crippen MR) is 212 cm³/mol. The molecule has 3 aromatic carbocycles. The zero-order chi connectivity index (χ0) is 39.8. The second-order valence-corrected chi connectivity index (χ2v) is 14.4. The summed E-state index contributed by atoms with van der Waals surface area (Å²) in [6.45, 7) is 5.84. The number of rotatable bonds is 20. The lowest BCUT2D eigenvalue weighted by atomic mass is 9.82. The van der Waals surface area contributed by atoms with E-state index in [1.165, 1.54) is 23.6 Å². The molecule has 4 aromatic rings. The van der Waals surface area contributed by atoms with Crippen molar-refractivity contribution in [2.75, 3.05) is 38.0 Å². The summed E-state index contributed by atoms with van der Waals surface area (Å²) in [5, 5.41) is 6.98. The summed E-state index contributed by atoms with van der Waals surface area (Å²) >= 11 is 1.46. The molecule has 15 heteroatoms. The molecule has 0 bridgehead atoms. The molecule has 0 amide bonds. The van der Waals surface area contributed by atoms with Gasteiger partial charge in [-0.3, -0.25) is 14.4 Å². The van der Waals surface area contributed by atoms with Crippen LogP contribution in [0.3, 0.4) is 0 Å². The van der Waals surface area contributed by atoms with Gasteiger partial charge in [-0.2, -0.15) is 5.10 Å². The van der Waals surface area contributed by atoms with Crippen LogP contribution in [0.15, 0.2) is 84.5 Å². The van der Waals surface area contributed by atoms with Gasteiger partial charge in [0.25, 0.3) is 6.47 Å². The highest BCUT2D eigenvalue weighted by Crippen LogP contribution is 2.34. The number of fused-ring (bicyclic) bond motifs is 1. The van der Waals surface area contributed by atoms with Crippen molar-refractivity contribution in [3.8, 4) is 23.0 Å². The smallest absolute Gasteiger partial charge is 0.330 e. The highest BCUT2D eigenvalue weighted by Gasteiger charge is 2.32. The van der Waals surface area contributed by atoms with E-state index in [9.17, 15) is 19.2 Å². The topological polar surface area (TPSA) is 161 Å². The summed E-state index contributed by atoms with van der Waals surface area (Å²) in [4.78, 5) is 53.4. The van der Waals surface area contributed by atoms with Crippen LogP contribution in [0.2, 0.25) is 0 Å². The van der Waals surface area contributed by atoms with Crippen LogP contribution in [0.5, 0.6) is 23.0 Å². The Hall–Kier alpha value is -5.64. The monoisotopic (exact) mass is 799 g/mol. The molecule has 1 aromatic heterocycles. The molecule has 1 saturated carbocycles. The zero-order valence-corrected chi connectivity index (χ0v) is 32.3. The molecular weight excluding hydrogens is 755 g/mol. The number of hydrogen-bond acceptors (Lipinski definition) is 15. The molecule has 1 aliphatic carbocycles. The largest absolute Gasteiger partial charge is 0.494 e. The van der Waals surface area contributed by atoms with Gasteiger partial charge in [-0.15, -0.1) is 0 Å². The van der Waals surface area contributed by atoms with E-state index in [-0.39, 0.29) is 29.9 Å². The van der Waals surface area contributed by atoms with Crippen LogP contribution >= 0.6 is 11.3 Å². The summed E-state index contributed by atoms with van der Waals surface area (Å²) in [5.41, 5.74) is 1.23. The number of hydrazone groups is 1. The Morgan fingerprint density at radius 2 is 1.51 bits per heavy atom. The molecular formula is C42H45N3O11S. The van der Waals surface area contributed by atoms with Crippen LogP contribution in [-0.4, -0.2) is 74.8 Å². The molecule has 1 saturated heterocycles. The van der Waals surface area contributed by atoms with Crippen LogP contribution in [-0.2, 0) is 33.4 Å². The summed E-state index contributed by atoms with van der Waals surface area (Å²) < 4.78 is 39.8. The molecule has 57 heavy (non-hydrogen) atoms. The van der Waals surface area contributed by atoms with E-state index in [4.69, 9.17) is 43.2 Å². The molecule has 14 nitrogen and oxygen atoms in total. The van der Waals surface area contributed by atoms with Crippen molar-refractivity contribution in [3.63, 3.8) is 0 Å². The Bertz CT molecular complexity index is 1970. The van der Waals surface area contributed by atoms with Crippen LogP contribution in [0, 0.1) is 11.8 Å². The molecule has 0 N–H and O–H groups in total. The SMILES string of the molecule is C=CC(=O)OCCCCCCOc1ccc(OC(=O)[C@H]2CC[C@H](C(=O)Oc3ccc(OC=O)cc3/C=N/N(CC3OCCO3)c3nc4ccccc4s3)CC2)cc1. The number of carbonyl (C=O) groups excluding carboxylic acids is 4. The van der Waals surface area contributed by atoms with Crippen molar-refractivity contribution in [1.82, 2.24) is 4.98 Å². The Kier molecular flexibility index (Phi) is 15.1. The van der Waals surface area contributed by atoms with Crippen molar-refractivity contribution >= 4 is 57.3 Å². The van der Waals surface area contributed by atoms with Gasteiger partial charge >= 0.3 is 17.9 Å². The van der Waals surface area contributed by atoms with Gasteiger partial charge < -0.3 is 33.2 Å². The first-order chi connectivity index (χ1) is 27.9. The summed E-state index contributed by atoms with van der Waals surface area (Å²) in [7, 11) is 0. The van der Waals surface area contributed by atoms with Crippen LogP contribution in [0.1, 0.15) is 56.9 Å². The van der Waals surface area contributed by atoms with Gasteiger partial charge in [-0.05, 0) is 106 Å². The number of anilines is 1. The van der Waals surface area contributed by atoms with E-state index < -0.39 is 24.1 Å². The highest BCUT2D eigenvalue weighted by atomic mass is 32.1. The van der Waals surface area contributed by atoms with Gasteiger partial charge in [-0.25, -0.2) is 14.8 Å². The van der Waals surface area contributed by atoms with E-state index in [1.54, 1.807) is 41.4 Å². The molecule has 1 aliphatic heterocycles. The fourth-order valence-electron chi connectivity index (χ4n) is 6.32. The molecule has 2 fully saturated rings. The van der Waals surface area contributed by atoms with Crippen molar-refractivity contribution < 1.29 is 52.3 Å².